The molecule has 0 aliphatic carbocycles. The molecule has 0 unspecified atom stereocenters. The van der Waals surface area contributed by atoms with Gasteiger partial charge in [-0.1, -0.05) is 30.3 Å². The highest BCUT2D eigenvalue weighted by atomic mass is 79.9. The second-order valence-corrected chi connectivity index (χ2v) is 6.94. The molecule has 0 aromatic heterocycles. The van der Waals surface area contributed by atoms with Crippen molar-refractivity contribution in [3.8, 4) is 11.5 Å². The Morgan fingerprint density at radius 2 is 2.07 bits per heavy atom. The van der Waals surface area contributed by atoms with E-state index < -0.39 is 0 Å². The molecule has 0 bridgehead atoms. The maximum absolute atomic E-state index is 12.0. The number of amides is 1. The van der Waals surface area contributed by atoms with Crippen LogP contribution in [-0.2, 0) is 11.2 Å². The third-order valence-corrected chi connectivity index (χ3v) is 4.25. The van der Waals surface area contributed by atoms with Crippen molar-refractivity contribution >= 4 is 45.4 Å². The minimum atomic E-state index is -0.212. The van der Waals surface area contributed by atoms with Crippen LogP contribution in [0.1, 0.15) is 11.1 Å². The molecule has 2 aromatic rings. The molecule has 0 fully saturated rings. The van der Waals surface area contributed by atoms with Crippen molar-refractivity contribution in [1.82, 2.24) is 10.7 Å². The largest absolute Gasteiger partial charge is 0.493 e. The predicted octanol–water partition coefficient (Wildman–Crippen LogP) is 2.36. The Morgan fingerprint density at radius 3 is 2.75 bits per heavy atom. The van der Waals surface area contributed by atoms with Gasteiger partial charge in [0.15, 0.2) is 23.2 Å². The van der Waals surface area contributed by atoms with Crippen LogP contribution in [0.15, 0.2) is 52.0 Å². The summed E-state index contributed by atoms with van der Waals surface area (Å²) in [6.07, 6.45) is 2.29. The topological polar surface area (TPSA) is 98.0 Å². The van der Waals surface area contributed by atoms with Gasteiger partial charge in [-0.3, -0.25) is 10.2 Å². The number of carbonyl (C=O) groups excluding carboxylic acids is 1. The summed E-state index contributed by atoms with van der Waals surface area (Å²) in [5.41, 5.74) is 9.68. The molecular weight excluding hydrogens is 444 g/mol. The van der Waals surface area contributed by atoms with Crippen molar-refractivity contribution in [2.45, 2.75) is 6.42 Å². The highest BCUT2D eigenvalue weighted by Crippen LogP contribution is 2.36. The molecule has 0 saturated carbocycles. The number of nitrogens with zero attached hydrogens (tertiary/aromatic N) is 1. The number of carbonyl (C=O) groups is 1. The summed E-state index contributed by atoms with van der Waals surface area (Å²) in [5, 5.41) is 6.80. The molecule has 0 saturated heterocycles. The lowest BCUT2D eigenvalue weighted by atomic mass is 10.1. The molecule has 9 heteroatoms. The van der Waals surface area contributed by atoms with Gasteiger partial charge >= 0.3 is 0 Å². The lowest BCUT2D eigenvalue weighted by molar-refractivity contribution is -0.123. The number of nitrogens with two attached hydrogens (primary N) is 1. The number of thiocarbonyl (C=S) groups is 1. The van der Waals surface area contributed by atoms with E-state index in [2.05, 4.69) is 44.0 Å². The van der Waals surface area contributed by atoms with Crippen molar-refractivity contribution < 1.29 is 14.3 Å². The Kier molecular flexibility index (Phi) is 8.70. The van der Waals surface area contributed by atoms with E-state index in [4.69, 9.17) is 15.2 Å². The maximum Gasteiger partial charge on any atom is 0.257 e. The van der Waals surface area contributed by atoms with Crippen LogP contribution in [0.4, 0.5) is 0 Å². The summed E-state index contributed by atoms with van der Waals surface area (Å²) in [6, 6.07) is 13.4. The molecule has 0 spiro atoms. The molecule has 0 atom stereocenters. The van der Waals surface area contributed by atoms with Gasteiger partial charge in [0.05, 0.1) is 17.8 Å². The molecule has 148 valence electrons. The monoisotopic (exact) mass is 464 g/mol. The standard InChI is InChI=1S/C19H21BrN4O3S/c1-26-16-10-14(11-23-24-19(21)28)9-15(20)18(16)27-12-17(25)22-8-7-13-5-3-2-4-6-13/h2-6,9-11H,7-8,12H2,1H3,(H,22,25)(H3,21,24,28). The summed E-state index contributed by atoms with van der Waals surface area (Å²) < 4.78 is 11.6. The number of nitrogens with one attached hydrogen (secondary N) is 2. The van der Waals surface area contributed by atoms with Crippen molar-refractivity contribution in [2.24, 2.45) is 10.8 Å². The average Bonchev–Trinajstić information content (AvgIpc) is 2.67. The van der Waals surface area contributed by atoms with Crippen LogP contribution in [-0.4, -0.2) is 37.5 Å². The Bertz CT molecular complexity index is 847. The van der Waals surface area contributed by atoms with Crippen LogP contribution >= 0.6 is 28.1 Å². The Labute approximate surface area is 177 Å². The van der Waals surface area contributed by atoms with Crippen LogP contribution in [0.5, 0.6) is 11.5 Å². The predicted molar refractivity (Wildman–Crippen MR) is 117 cm³/mol. The van der Waals surface area contributed by atoms with Gasteiger partial charge in [-0.25, -0.2) is 0 Å². The van der Waals surface area contributed by atoms with E-state index in [1.807, 2.05) is 30.3 Å². The lowest BCUT2D eigenvalue weighted by Gasteiger charge is -2.13. The zero-order valence-corrected chi connectivity index (χ0v) is 17.7. The first-order valence-corrected chi connectivity index (χ1v) is 9.59. The second kappa shape index (κ2) is 11.3. The van der Waals surface area contributed by atoms with Gasteiger partial charge in [-0.2, -0.15) is 5.10 Å². The molecule has 4 N–H and O–H groups in total. The van der Waals surface area contributed by atoms with Crippen LogP contribution in [0, 0.1) is 0 Å². The van der Waals surface area contributed by atoms with E-state index in [0.29, 0.717) is 22.5 Å². The molecule has 1 amide bonds. The fraction of sp³-hybridized carbons (Fsp3) is 0.211. The third kappa shape index (κ3) is 7.16. The highest BCUT2D eigenvalue weighted by molar-refractivity contribution is 9.10. The number of methoxy groups -OCH3 is 1. The minimum Gasteiger partial charge on any atom is -0.493 e. The number of halogens is 1. The molecule has 0 heterocycles. The maximum atomic E-state index is 12.0. The first-order chi connectivity index (χ1) is 13.5. The summed E-state index contributed by atoms with van der Waals surface area (Å²) in [7, 11) is 1.52. The van der Waals surface area contributed by atoms with Gasteiger partial charge in [-0.15, -0.1) is 0 Å². The summed E-state index contributed by atoms with van der Waals surface area (Å²) >= 11 is 8.11. The van der Waals surface area contributed by atoms with Crippen LogP contribution in [0.3, 0.4) is 0 Å². The molecule has 2 rings (SSSR count). The smallest absolute Gasteiger partial charge is 0.257 e. The Hall–Kier alpha value is -2.65. The minimum absolute atomic E-state index is 0.0699. The van der Waals surface area contributed by atoms with Gasteiger partial charge in [-0.05, 0) is 57.8 Å². The number of hydrogen-bond acceptors (Lipinski definition) is 5. The summed E-state index contributed by atoms with van der Waals surface area (Å²) in [4.78, 5) is 12.0. The first-order valence-electron chi connectivity index (χ1n) is 8.39. The fourth-order valence-corrected chi connectivity index (χ4v) is 2.93. The number of hydrogen-bond donors (Lipinski definition) is 3. The number of rotatable bonds is 9. The second-order valence-electron chi connectivity index (χ2n) is 5.64. The van der Waals surface area contributed by atoms with Gasteiger partial charge in [0.1, 0.15) is 0 Å². The van der Waals surface area contributed by atoms with E-state index >= 15 is 0 Å². The highest BCUT2D eigenvalue weighted by Gasteiger charge is 2.13. The molecule has 2 aromatic carbocycles. The number of benzene rings is 2. The molecule has 28 heavy (non-hydrogen) atoms. The van der Waals surface area contributed by atoms with E-state index in [9.17, 15) is 4.79 Å². The SMILES string of the molecule is COc1cc(C=NNC(N)=S)cc(Br)c1OCC(=O)NCCc1ccccc1. The molecular formula is C19H21BrN4O3S. The van der Waals surface area contributed by atoms with Crippen LogP contribution in [0.25, 0.3) is 0 Å². The lowest BCUT2D eigenvalue weighted by Crippen LogP contribution is -2.30. The van der Waals surface area contributed by atoms with E-state index in [1.165, 1.54) is 13.3 Å². The Morgan fingerprint density at radius 1 is 1.32 bits per heavy atom. The van der Waals surface area contributed by atoms with Gasteiger partial charge in [0.25, 0.3) is 5.91 Å². The molecule has 0 aliphatic heterocycles. The van der Waals surface area contributed by atoms with Gasteiger partial charge < -0.3 is 20.5 Å². The quantitative estimate of drug-likeness (QED) is 0.299. The normalized spacial score (nSPS) is 10.5. The zero-order valence-electron chi connectivity index (χ0n) is 15.3. The zero-order chi connectivity index (χ0) is 20.4. The van der Waals surface area contributed by atoms with Crippen molar-refractivity contribution in [1.29, 1.82) is 0 Å². The van der Waals surface area contributed by atoms with E-state index in [-0.39, 0.29) is 17.6 Å². The third-order valence-electron chi connectivity index (χ3n) is 3.57. The molecule has 0 aliphatic rings. The fourth-order valence-electron chi connectivity index (χ4n) is 2.30. The van der Waals surface area contributed by atoms with Crippen molar-refractivity contribution in [3.05, 3.63) is 58.1 Å². The molecule has 7 nitrogen and oxygen atoms in total. The van der Waals surface area contributed by atoms with Crippen LogP contribution < -0.4 is 25.9 Å². The van der Waals surface area contributed by atoms with Crippen molar-refractivity contribution in [3.63, 3.8) is 0 Å². The van der Waals surface area contributed by atoms with Crippen molar-refractivity contribution in [2.75, 3.05) is 20.3 Å². The summed E-state index contributed by atoms with van der Waals surface area (Å²) in [6.45, 7) is 0.413. The summed E-state index contributed by atoms with van der Waals surface area (Å²) in [5.74, 6) is 0.680. The first kappa shape index (κ1) is 21.6. The average molecular weight is 465 g/mol. The number of ether oxygens (including phenoxy) is 2. The van der Waals surface area contributed by atoms with Gasteiger partial charge in [0.2, 0.25) is 0 Å². The van der Waals surface area contributed by atoms with Crippen LogP contribution in [0.2, 0.25) is 0 Å². The van der Waals surface area contributed by atoms with E-state index in [1.54, 1.807) is 12.1 Å². The Balaban J connectivity index is 1.90. The van der Waals surface area contributed by atoms with Gasteiger partial charge in [0, 0.05) is 6.54 Å². The van der Waals surface area contributed by atoms with E-state index in [0.717, 1.165) is 17.5 Å². The molecule has 0 radical (unpaired) electrons. The number of hydrazone groups is 1.